The normalized spacial score (nSPS) is 17.5. The molecule has 0 aliphatic carbocycles. The fourth-order valence-corrected chi connectivity index (χ4v) is 1.79. The summed E-state index contributed by atoms with van der Waals surface area (Å²) in [5.41, 5.74) is -1.11. The van der Waals surface area contributed by atoms with Crippen LogP contribution in [0.15, 0.2) is 0 Å². The molecule has 0 aliphatic rings. The first-order valence-corrected chi connectivity index (χ1v) is 4.44. The Labute approximate surface area is 75.0 Å². The summed E-state index contributed by atoms with van der Waals surface area (Å²) >= 11 is 0. The number of hydrogen-bond acceptors (Lipinski definition) is 3. The van der Waals surface area contributed by atoms with Gasteiger partial charge in [-0.2, -0.15) is 0 Å². The minimum atomic E-state index is -1.11. The third kappa shape index (κ3) is 2.73. The van der Waals surface area contributed by atoms with Gasteiger partial charge in [0.15, 0.2) is 0 Å². The van der Waals surface area contributed by atoms with E-state index in [0.717, 1.165) is 0 Å². The summed E-state index contributed by atoms with van der Waals surface area (Å²) in [6.07, 6.45) is 0. The van der Waals surface area contributed by atoms with E-state index in [1.165, 1.54) is 0 Å². The van der Waals surface area contributed by atoms with Crippen LogP contribution in [0.2, 0.25) is 0 Å². The van der Waals surface area contributed by atoms with E-state index in [4.69, 9.17) is 5.11 Å². The first-order chi connectivity index (χ1) is 5.33. The van der Waals surface area contributed by atoms with E-state index in [0.29, 0.717) is 0 Å². The Morgan fingerprint density at radius 3 is 1.58 bits per heavy atom. The van der Waals surface area contributed by atoms with Crippen molar-refractivity contribution in [3.8, 4) is 0 Å². The zero-order valence-corrected chi connectivity index (χ0v) is 8.70. The van der Waals surface area contributed by atoms with Gasteiger partial charge in [0.05, 0.1) is 6.61 Å². The highest BCUT2D eigenvalue weighted by molar-refractivity contribution is 4.79. The second kappa shape index (κ2) is 4.21. The molecule has 0 aromatic heterocycles. The largest absolute Gasteiger partial charge is 0.392 e. The second-order valence-corrected chi connectivity index (χ2v) is 3.97. The maximum Gasteiger partial charge on any atom is 0.139 e. The molecule has 2 N–H and O–H groups in total. The average molecular weight is 175 g/mol. The summed E-state index contributed by atoms with van der Waals surface area (Å²) < 4.78 is 0. The molecule has 0 radical (unpaired) electrons. The summed E-state index contributed by atoms with van der Waals surface area (Å²) in [7, 11) is 0. The molecule has 0 heterocycles. The van der Waals surface area contributed by atoms with Crippen molar-refractivity contribution in [3.63, 3.8) is 0 Å². The molecule has 1 atom stereocenters. The lowest BCUT2D eigenvalue weighted by Crippen LogP contribution is -2.55. The number of aliphatic hydroxyl groups excluding tert-OH is 1. The van der Waals surface area contributed by atoms with Crippen molar-refractivity contribution in [2.45, 2.75) is 52.4 Å². The number of hydrogen-bond donors (Lipinski definition) is 2. The van der Waals surface area contributed by atoms with Crippen molar-refractivity contribution in [1.82, 2.24) is 4.90 Å². The smallest absolute Gasteiger partial charge is 0.139 e. The van der Waals surface area contributed by atoms with Crippen LogP contribution in [-0.4, -0.2) is 39.5 Å². The monoisotopic (exact) mass is 175 g/mol. The van der Waals surface area contributed by atoms with Crippen LogP contribution in [0.1, 0.15) is 34.6 Å². The average Bonchev–Trinajstić information content (AvgIpc) is 1.84. The number of nitrogens with zero attached hydrogens (tertiary/aromatic N) is 1. The Kier molecular flexibility index (Phi) is 4.17. The van der Waals surface area contributed by atoms with Crippen molar-refractivity contribution in [2.75, 3.05) is 6.61 Å². The third-order valence-corrected chi connectivity index (χ3v) is 1.97. The Balaban J connectivity index is 4.50. The van der Waals surface area contributed by atoms with Crippen LogP contribution in [0.3, 0.4) is 0 Å². The topological polar surface area (TPSA) is 43.7 Å². The van der Waals surface area contributed by atoms with E-state index in [1.54, 1.807) is 6.92 Å². The Hall–Kier alpha value is -0.120. The summed E-state index contributed by atoms with van der Waals surface area (Å²) in [6.45, 7) is 9.42. The molecule has 0 saturated carbocycles. The van der Waals surface area contributed by atoms with Gasteiger partial charge in [-0.1, -0.05) is 0 Å². The van der Waals surface area contributed by atoms with E-state index >= 15 is 0 Å². The zero-order valence-electron chi connectivity index (χ0n) is 8.70. The molecule has 0 fully saturated rings. The van der Waals surface area contributed by atoms with Crippen LogP contribution >= 0.6 is 0 Å². The van der Waals surface area contributed by atoms with Gasteiger partial charge in [0.1, 0.15) is 5.72 Å². The summed E-state index contributed by atoms with van der Waals surface area (Å²) in [5, 5.41) is 18.8. The SMILES string of the molecule is CC(C)N(C(C)C)C(C)(O)CO. The summed E-state index contributed by atoms with van der Waals surface area (Å²) in [4.78, 5) is 1.88. The van der Waals surface area contributed by atoms with Crippen molar-refractivity contribution >= 4 is 0 Å². The molecular weight excluding hydrogens is 154 g/mol. The number of rotatable bonds is 4. The standard InChI is InChI=1S/C9H21NO2/c1-7(2)10(8(3)4)9(5,12)6-11/h7-8,11-12H,6H2,1-5H3. The zero-order chi connectivity index (χ0) is 9.94. The van der Waals surface area contributed by atoms with Crippen LogP contribution < -0.4 is 0 Å². The minimum Gasteiger partial charge on any atom is -0.392 e. The molecular formula is C9H21NO2. The molecule has 74 valence electrons. The fourth-order valence-electron chi connectivity index (χ4n) is 1.79. The highest BCUT2D eigenvalue weighted by Gasteiger charge is 2.32. The highest BCUT2D eigenvalue weighted by atomic mass is 16.3. The first-order valence-electron chi connectivity index (χ1n) is 4.44. The molecule has 1 unspecified atom stereocenters. The lowest BCUT2D eigenvalue weighted by Gasteiger charge is -2.41. The van der Waals surface area contributed by atoms with Crippen LogP contribution in [0.4, 0.5) is 0 Å². The Morgan fingerprint density at radius 1 is 1.17 bits per heavy atom. The van der Waals surface area contributed by atoms with E-state index in [1.807, 2.05) is 32.6 Å². The Bertz CT molecular complexity index is 124. The lowest BCUT2D eigenvalue weighted by atomic mass is 10.1. The molecule has 0 aromatic rings. The molecule has 0 aliphatic heterocycles. The van der Waals surface area contributed by atoms with Crippen molar-refractivity contribution in [1.29, 1.82) is 0 Å². The van der Waals surface area contributed by atoms with Gasteiger partial charge >= 0.3 is 0 Å². The van der Waals surface area contributed by atoms with Gasteiger partial charge in [-0.3, -0.25) is 4.90 Å². The van der Waals surface area contributed by atoms with E-state index in [2.05, 4.69) is 0 Å². The molecule has 12 heavy (non-hydrogen) atoms. The molecule has 0 rings (SSSR count). The quantitative estimate of drug-likeness (QED) is 0.621. The van der Waals surface area contributed by atoms with Gasteiger partial charge in [0, 0.05) is 12.1 Å². The summed E-state index contributed by atoms with van der Waals surface area (Å²) in [5.74, 6) is 0. The van der Waals surface area contributed by atoms with Gasteiger partial charge in [0.25, 0.3) is 0 Å². The number of aliphatic hydroxyl groups is 2. The van der Waals surface area contributed by atoms with Gasteiger partial charge in [-0.05, 0) is 34.6 Å². The molecule has 0 spiro atoms. The van der Waals surface area contributed by atoms with Crippen molar-refractivity contribution < 1.29 is 10.2 Å². The van der Waals surface area contributed by atoms with Gasteiger partial charge in [0.2, 0.25) is 0 Å². The summed E-state index contributed by atoms with van der Waals surface area (Å²) in [6, 6.07) is 0.458. The molecule has 0 bridgehead atoms. The van der Waals surface area contributed by atoms with E-state index in [-0.39, 0.29) is 18.7 Å². The molecule has 0 amide bonds. The maximum absolute atomic E-state index is 9.80. The van der Waals surface area contributed by atoms with Crippen molar-refractivity contribution in [3.05, 3.63) is 0 Å². The minimum absolute atomic E-state index is 0.229. The predicted molar refractivity (Wildman–Crippen MR) is 49.8 cm³/mol. The predicted octanol–water partition coefficient (Wildman–Crippen LogP) is 0.806. The Morgan fingerprint density at radius 2 is 1.50 bits per heavy atom. The van der Waals surface area contributed by atoms with Crippen LogP contribution in [0.5, 0.6) is 0 Å². The first kappa shape index (κ1) is 11.9. The van der Waals surface area contributed by atoms with Gasteiger partial charge in [-0.25, -0.2) is 0 Å². The van der Waals surface area contributed by atoms with E-state index < -0.39 is 5.72 Å². The molecule has 3 nitrogen and oxygen atoms in total. The van der Waals surface area contributed by atoms with Crippen LogP contribution in [0, 0.1) is 0 Å². The van der Waals surface area contributed by atoms with Crippen LogP contribution in [-0.2, 0) is 0 Å². The lowest BCUT2D eigenvalue weighted by molar-refractivity contribution is -0.151. The molecule has 0 aromatic carbocycles. The highest BCUT2D eigenvalue weighted by Crippen LogP contribution is 2.17. The molecule has 3 heteroatoms. The van der Waals surface area contributed by atoms with Gasteiger partial charge in [-0.15, -0.1) is 0 Å². The second-order valence-electron chi connectivity index (χ2n) is 3.97. The van der Waals surface area contributed by atoms with E-state index in [9.17, 15) is 5.11 Å². The third-order valence-electron chi connectivity index (χ3n) is 1.97. The van der Waals surface area contributed by atoms with Crippen LogP contribution in [0.25, 0.3) is 0 Å². The maximum atomic E-state index is 9.80. The van der Waals surface area contributed by atoms with Gasteiger partial charge < -0.3 is 10.2 Å². The molecule has 0 saturated heterocycles. The van der Waals surface area contributed by atoms with Crippen molar-refractivity contribution in [2.24, 2.45) is 0 Å². The fraction of sp³-hybridized carbons (Fsp3) is 1.00.